The Morgan fingerprint density at radius 2 is 1.53 bits per heavy atom. The van der Waals surface area contributed by atoms with Gasteiger partial charge in [-0.1, -0.05) is 68.0 Å². The smallest absolute Gasteiger partial charge is 0.218 e. The average molecular weight is 488 g/mol. The third-order valence-electron chi connectivity index (χ3n) is 4.54. The van der Waals surface area contributed by atoms with Crippen molar-refractivity contribution in [2.24, 2.45) is 0 Å². The Hall–Kier alpha value is -2.40. The van der Waals surface area contributed by atoms with Crippen LogP contribution in [0.3, 0.4) is 0 Å². The molecule has 0 radical (unpaired) electrons. The lowest BCUT2D eigenvalue weighted by molar-refractivity contribution is 0.450. The van der Waals surface area contributed by atoms with Crippen LogP contribution in [0.2, 0.25) is 19.6 Å². The Bertz CT molecular complexity index is 1260. The van der Waals surface area contributed by atoms with Crippen LogP contribution >= 0.6 is 0 Å². The number of sulfonamides is 1. The van der Waals surface area contributed by atoms with E-state index in [4.69, 9.17) is 0 Å². The number of sulfone groups is 1. The molecule has 32 heavy (non-hydrogen) atoms. The lowest BCUT2D eigenvalue weighted by atomic mass is 10.2. The van der Waals surface area contributed by atoms with Gasteiger partial charge in [-0.3, -0.25) is 0 Å². The number of aryl methyl sites for hydroxylation is 1. The van der Waals surface area contributed by atoms with Gasteiger partial charge in [0.1, 0.15) is 8.07 Å². The summed E-state index contributed by atoms with van der Waals surface area (Å²) < 4.78 is 53.7. The molecule has 0 N–H and O–H groups in total. The lowest BCUT2D eigenvalue weighted by Gasteiger charge is -2.21. The number of hydrogen-bond acceptors (Lipinski definition) is 4. The van der Waals surface area contributed by atoms with Crippen LogP contribution in [0.1, 0.15) is 12.0 Å². The van der Waals surface area contributed by atoms with Gasteiger partial charge in [-0.2, -0.15) is 4.31 Å². The van der Waals surface area contributed by atoms with Gasteiger partial charge in [-0.15, -0.1) is 11.3 Å². The molecule has 2 rings (SSSR count). The second-order valence-electron chi connectivity index (χ2n) is 8.37. The van der Waals surface area contributed by atoms with E-state index < -0.39 is 27.9 Å². The van der Waals surface area contributed by atoms with Gasteiger partial charge in [-0.25, -0.2) is 16.8 Å². The van der Waals surface area contributed by atoms with Gasteiger partial charge in [0.05, 0.1) is 21.2 Å². The Morgan fingerprint density at radius 1 is 0.938 bits per heavy atom. The largest absolute Gasteiger partial charge is 0.243 e. The van der Waals surface area contributed by atoms with E-state index in [2.05, 4.69) is 43.4 Å². The van der Waals surface area contributed by atoms with Crippen LogP contribution in [-0.4, -0.2) is 42.3 Å². The minimum Gasteiger partial charge on any atom is -0.218 e. The molecule has 8 heteroatoms. The predicted molar refractivity (Wildman–Crippen MR) is 132 cm³/mol. The van der Waals surface area contributed by atoms with Crippen LogP contribution in [-0.2, 0) is 19.9 Å². The first-order chi connectivity index (χ1) is 14.9. The molecule has 0 unspecified atom stereocenters. The van der Waals surface area contributed by atoms with E-state index in [1.807, 2.05) is 6.92 Å². The summed E-state index contributed by atoms with van der Waals surface area (Å²) in [6.07, 6.45) is -0.0551. The number of rotatable bonds is 8. The molecule has 2 aromatic carbocycles. The van der Waals surface area contributed by atoms with E-state index in [9.17, 15) is 16.8 Å². The normalized spacial score (nSPS) is 12.0. The fraction of sp³-hybridized carbons (Fsp3) is 0.292. The van der Waals surface area contributed by atoms with Crippen molar-refractivity contribution in [2.45, 2.75) is 42.8 Å². The fourth-order valence-corrected chi connectivity index (χ4v) is 6.13. The van der Waals surface area contributed by atoms with Gasteiger partial charge in [0, 0.05) is 13.0 Å². The fourth-order valence-electron chi connectivity index (χ4n) is 2.82. The Balaban J connectivity index is 2.36. The molecule has 0 aliphatic carbocycles. The molecule has 0 heterocycles. The van der Waals surface area contributed by atoms with Crippen molar-refractivity contribution in [3.8, 4) is 11.5 Å². The summed E-state index contributed by atoms with van der Waals surface area (Å²) in [7, 11) is -9.38. The highest BCUT2D eigenvalue weighted by molar-refractivity contribution is 7.95. The molecule has 0 bridgehead atoms. The number of benzene rings is 2. The molecule has 0 aliphatic rings. The molecule has 0 aliphatic heterocycles. The van der Waals surface area contributed by atoms with Crippen LogP contribution in [0.4, 0.5) is 0 Å². The van der Waals surface area contributed by atoms with Crippen molar-refractivity contribution in [2.75, 3.05) is 13.1 Å². The van der Waals surface area contributed by atoms with Gasteiger partial charge in [0.2, 0.25) is 19.9 Å². The Morgan fingerprint density at radius 3 is 2.06 bits per heavy atom. The van der Waals surface area contributed by atoms with E-state index in [-0.39, 0.29) is 34.2 Å². The van der Waals surface area contributed by atoms with Crippen LogP contribution in [0.15, 0.2) is 81.6 Å². The number of nitrogens with zero attached hydrogens (tertiary/aromatic N) is 1. The molecule has 0 aromatic heterocycles. The minimum absolute atomic E-state index is 0.0176. The van der Waals surface area contributed by atoms with Gasteiger partial charge in [-0.05, 0) is 31.2 Å². The van der Waals surface area contributed by atoms with Gasteiger partial charge in [0.15, 0.2) is 0 Å². The van der Waals surface area contributed by atoms with Gasteiger partial charge in [0.25, 0.3) is 0 Å². The summed E-state index contributed by atoms with van der Waals surface area (Å²) in [4.78, 5) is 0.219. The zero-order valence-electron chi connectivity index (χ0n) is 18.9. The molecule has 0 saturated heterocycles. The molecule has 0 amide bonds. The van der Waals surface area contributed by atoms with Crippen molar-refractivity contribution >= 4 is 27.9 Å². The van der Waals surface area contributed by atoms with Crippen LogP contribution in [0.25, 0.3) is 0 Å². The molecule has 0 saturated carbocycles. The molecule has 2 aromatic rings. The maximum Gasteiger partial charge on any atom is 0.243 e. The molecular formula is C24H29NO4S2Si. The van der Waals surface area contributed by atoms with E-state index in [1.165, 1.54) is 16.4 Å². The third-order valence-corrected chi connectivity index (χ3v) is 9.22. The predicted octanol–water partition coefficient (Wildman–Crippen LogP) is 4.40. The summed E-state index contributed by atoms with van der Waals surface area (Å²) in [5, 5.41) is 0. The summed E-state index contributed by atoms with van der Waals surface area (Å²) in [5.41, 5.74) is 6.62. The summed E-state index contributed by atoms with van der Waals surface area (Å²) >= 11 is 0. The third kappa shape index (κ3) is 6.80. The van der Waals surface area contributed by atoms with E-state index in [1.54, 1.807) is 42.5 Å². The Labute approximate surface area is 193 Å². The van der Waals surface area contributed by atoms with E-state index in [0.29, 0.717) is 0 Å². The second-order valence-corrected chi connectivity index (χ2v) is 17.0. The second kappa shape index (κ2) is 10.5. The molecule has 170 valence electrons. The van der Waals surface area contributed by atoms with Crippen molar-refractivity contribution in [3.05, 3.63) is 77.4 Å². The minimum atomic E-state index is -3.86. The maximum absolute atomic E-state index is 13.3. The molecule has 0 spiro atoms. The van der Waals surface area contributed by atoms with Gasteiger partial charge < -0.3 is 0 Å². The maximum atomic E-state index is 13.3. The summed E-state index contributed by atoms with van der Waals surface area (Å²) in [6.45, 7) is 11.5. The highest BCUT2D eigenvalue weighted by atomic mass is 32.2. The zero-order chi connectivity index (χ0) is 24.0. The highest BCUT2D eigenvalue weighted by Gasteiger charge is 2.27. The molecule has 5 nitrogen and oxygen atoms in total. The van der Waals surface area contributed by atoms with Crippen molar-refractivity contribution in [1.29, 1.82) is 0 Å². The van der Waals surface area contributed by atoms with E-state index in [0.717, 1.165) is 5.56 Å². The van der Waals surface area contributed by atoms with E-state index >= 15 is 0 Å². The van der Waals surface area contributed by atoms with Crippen LogP contribution < -0.4 is 0 Å². The summed E-state index contributed by atoms with van der Waals surface area (Å²) in [5.74, 6) is 2.99. The topological polar surface area (TPSA) is 71.5 Å². The highest BCUT2D eigenvalue weighted by Crippen LogP contribution is 2.23. The first-order valence-electron chi connectivity index (χ1n) is 10.1. The van der Waals surface area contributed by atoms with Crippen molar-refractivity contribution in [1.82, 2.24) is 4.31 Å². The van der Waals surface area contributed by atoms with Crippen LogP contribution in [0.5, 0.6) is 0 Å². The van der Waals surface area contributed by atoms with Gasteiger partial charge >= 0.3 is 0 Å². The first kappa shape index (κ1) is 25.9. The van der Waals surface area contributed by atoms with Crippen molar-refractivity contribution < 1.29 is 16.8 Å². The quantitative estimate of drug-likeness (QED) is 0.314. The first-order valence-corrected chi connectivity index (χ1v) is 16.6. The SMILES string of the molecule is C=C=C(CCN(CC#C[Si](C)(C)C)S(=O)(=O)c1ccc(C)cc1)S(=O)(=O)c1ccccc1. The summed E-state index contributed by atoms with van der Waals surface area (Å²) in [6, 6.07) is 14.5. The standard InChI is InChI=1S/C24H29NO4S2Si/c1-6-22(30(26,27)23-11-8-7-9-12-23)17-19-25(18-10-20-32(3,4)5)31(28,29)24-15-13-21(2)14-16-24/h7-9,11-16H,1,17-19H2,2-5H3. The van der Waals surface area contributed by atoms with Crippen molar-refractivity contribution in [3.63, 3.8) is 0 Å². The molecule has 0 atom stereocenters. The monoisotopic (exact) mass is 487 g/mol. The van der Waals surface area contributed by atoms with Crippen LogP contribution in [0, 0.1) is 18.4 Å². The zero-order valence-corrected chi connectivity index (χ0v) is 21.6. The molecular weight excluding hydrogens is 458 g/mol. The lowest BCUT2D eigenvalue weighted by Crippen LogP contribution is -2.33. The number of hydrogen-bond donors (Lipinski definition) is 0. The molecule has 0 fully saturated rings. The average Bonchev–Trinajstić information content (AvgIpc) is 2.72. The Kier molecular flexibility index (Phi) is 8.46.